The average Bonchev–Trinajstić information content (AvgIpc) is 2.78. The van der Waals surface area contributed by atoms with Crippen LogP contribution in [0.4, 0.5) is 5.69 Å². The van der Waals surface area contributed by atoms with Crippen LogP contribution in [-0.4, -0.2) is 23.3 Å². The van der Waals surface area contributed by atoms with Gasteiger partial charge in [0, 0.05) is 27.7 Å². The van der Waals surface area contributed by atoms with Gasteiger partial charge >= 0.3 is 0 Å². The Hall–Kier alpha value is -2.89. The monoisotopic (exact) mass is 453 g/mol. The van der Waals surface area contributed by atoms with Crippen LogP contribution in [0, 0.1) is 0 Å². The number of halogens is 2. The summed E-state index contributed by atoms with van der Waals surface area (Å²) >= 11 is 11.9. The van der Waals surface area contributed by atoms with Gasteiger partial charge in [-0.05, 0) is 73.9 Å². The molecule has 1 aromatic heterocycles. The number of hydrogen-bond donors (Lipinski definition) is 1. The molecule has 31 heavy (non-hydrogen) atoms. The van der Waals surface area contributed by atoms with Crippen molar-refractivity contribution in [3.8, 4) is 0 Å². The molecule has 1 aliphatic heterocycles. The predicted molar refractivity (Wildman–Crippen MR) is 123 cm³/mol. The molecule has 2 amide bonds. The fraction of sp³-hybridized carbons (Fsp3) is 0.208. The topological polar surface area (TPSA) is 62.3 Å². The van der Waals surface area contributed by atoms with Crippen molar-refractivity contribution in [1.82, 2.24) is 10.3 Å². The number of amides is 2. The molecule has 1 aliphatic rings. The first kappa shape index (κ1) is 21.3. The molecule has 0 saturated heterocycles. The van der Waals surface area contributed by atoms with Crippen molar-refractivity contribution in [2.75, 3.05) is 11.4 Å². The van der Waals surface area contributed by atoms with Gasteiger partial charge < -0.3 is 10.2 Å². The van der Waals surface area contributed by atoms with Crippen LogP contribution in [0.15, 0.2) is 60.8 Å². The largest absolute Gasteiger partial charge is 0.344 e. The summed E-state index contributed by atoms with van der Waals surface area (Å²) in [5.41, 5.74) is 3.68. The smallest absolute Gasteiger partial charge is 0.258 e. The molecule has 158 valence electrons. The number of nitrogens with zero attached hydrogens (tertiary/aromatic N) is 2. The van der Waals surface area contributed by atoms with Crippen molar-refractivity contribution in [3.63, 3.8) is 0 Å². The van der Waals surface area contributed by atoms with Gasteiger partial charge in [0.15, 0.2) is 0 Å². The highest BCUT2D eigenvalue weighted by molar-refractivity contribution is 6.31. The lowest BCUT2D eigenvalue weighted by Gasteiger charge is -2.30. The van der Waals surface area contributed by atoms with Crippen LogP contribution < -0.4 is 10.2 Å². The fourth-order valence-electron chi connectivity index (χ4n) is 3.68. The molecule has 0 spiro atoms. The minimum absolute atomic E-state index is 0.0953. The molecular formula is C24H21Cl2N3O2. The second-order valence-corrected chi connectivity index (χ2v) is 8.38. The van der Waals surface area contributed by atoms with Gasteiger partial charge in [0.2, 0.25) is 0 Å². The van der Waals surface area contributed by atoms with E-state index in [4.69, 9.17) is 23.2 Å². The number of carbonyl (C=O) groups excluding carboxylic acids is 2. The zero-order valence-electron chi connectivity index (χ0n) is 16.9. The standard InChI is InChI=1S/C24H21Cl2N3O2/c1-15(28-23(30)16-7-9-19(25)10-8-16)21-13-17-5-3-11-29(22(17)14-27-21)24(31)18-4-2-6-20(26)12-18/h2,4,6-10,12-15H,3,5,11H2,1H3,(H,28,30). The van der Waals surface area contributed by atoms with Gasteiger partial charge in [0.25, 0.3) is 11.8 Å². The van der Waals surface area contributed by atoms with Crippen molar-refractivity contribution in [1.29, 1.82) is 0 Å². The van der Waals surface area contributed by atoms with E-state index in [1.165, 1.54) is 0 Å². The Morgan fingerprint density at radius 1 is 1.03 bits per heavy atom. The lowest BCUT2D eigenvalue weighted by atomic mass is 10.00. The Balaban J connectivity index is 1.53. The molecule has 7 heteroatoms. The number of carbonyl (C=O) groups is 2. The average molecular weight is 454 g/mol. The molecule has 3 aromatic rings. The first-order chi connectivity index (χ1) is 14.9. The molecule has 2 aromatic carbocycles. The van der Waals surface area contributed by atoms with E-state index in [1.54, 1.807) is 59.6 Å². The molecule has 0 bridgehead atoms. The van der Waals surface area contributed by atoms with Gasteiger partial charge in [-0.25, -0.2) is 0 Å². The Morgan fingerprint density at radius 2 is 1.81 bits per heavy atom. The van der Waals surface area contributed by atoms with Crippen LogP contribution in [-0.2, 0) is 6.42 Å². The molecule has 0 fully saturated rings. The lowest BCUT2D eigenvalue weighted by Crippen LogP contribution is -2.36. The van der Waals surface area contributed by atoms with Crippen LogP contribution in [0.25, 0.3) is 0 Å². The van der Waals surface area contributed by atoms with E-state index in [1.807, 2.05) is 13.0 Å². The van der Waals surface area contributed by atoms with Gasteiger partial charge in [0.05, 0.1) is 23.6 Å². The van der Waals surface area contributed by atoms with Gasteiger partial charge in [-0.2, -0.15) is 0 Å². The van der Waals surface area contributed by atoms with E-state index in [-0.39, 0.29) is 17.9 Å². The zero-order chi connectivity index (χ0) is 22.0. The highest BCUT2D eigenvalue weighted by atomic mass is 35.5. The third kappa shape index (κ3) is 4.73. The summed E-state index contributed by atoms with van der Waals surface area (Å²) in [6.45, 7) is 2.52. The summed E-state index contributed by atoms with van der Waals surface area (Å²) < 4.78 is 0. The highest BCUT2D eigenvalue weighted by Gasteiger charge is 2.25. The number of rotatable bonds is 4. The van der Waals surface area contributed by atoms with Gasteiger partial charge in [-0.1, -0.05) is 29.3 Å². The van der Waals surface area contributed by atoms with Crippen molar-refractivity contribution in [2.24, 2.45) is 0 Å². The maximum Gasteiger partial charge on any atom is 0.258 e. The number of fused-ring (bicyclic) bond motifs is 1. The number of aryl methyl sites for hydroxylation is 1. The molecule has 0 saturated carbocycles. The van der Waals surface area contributed by atoms with Crippen LogP contribution in [0.1, 0.15) is 51.4 Å². The number of nitrogens with one attached hydrogen (secondary N) is 1. The summed E-state index contributed by atoms with van der Waals surface area (Å²) in [6.07, 6.45) is 3.42. The maximum absolute atomic E-state index is 13.0. The van der Waals surface area contributed by atoms with Crippen molar-refractivity contribution >= 4 is 40.7 Å². The van der Waals surface area contributed by atoms with Gasteiger partial charge in [-0.3, -0.25) is 14.6 Å². The van der Waals surface area contributed by atoms with E-state index in [0.29, 0.717) is 27.7 Å². The Bertz CT molecular complexity index is 1130. The number of benzene rings is 2. The second kappa shape index (κ2) is 9.08. The molecule has 0 radical (unpaired) electrons. The first-order valence-electron chi connectivity index (χ1n) is 10.0. The molecule has 1 N–H and O–H groups in total. The van der Waals surface area contributed by atoms with E-state index in [2.05, 4.69) is 10.3 Å². The molecule has 1 unspecified atom stereocenters. The SMILES string of the molecule is CC(NC(=O)c1ccc(Cl)cc1)c1cc2c(cn1)N(C(=O)c1cccc(Cl)c1)CCC2. The van der Waals surface area contributed by atoms with Gasteiger partial charge in [-0.15, -0.1) is 0 Å². The van der Waals surface area contributed by atoms with Crippen LogP contribution in [0.2, 0.25) is 10.0 Å². The molecule has 2 heterocycles. The normalized spacial score (nSPS) is 14.0. The number of pyridine rings is 1. The predicted octanol–water partition coefficient (Wildman–Crippen LogP) is 5.47. The van der Waals surface area contributed by atoms with Crippen LogP contribution in [0.3, 0.4) is 0 Å². The summed E-state index contributed by atoms with van der Waals surface area (Å²) in [5.74, 6) is -0.288. The molecule has 0 aliphatic carbocycles. The van der Waals surface area contributed by atoms with Crippen molar-refractivity contribution < 1.29 is 9.59 Å². The maximum atomic E-state index is 13.0. The third-order valence-corrected chi connectivity index (χ3v) is 5.81. The van der Waals surface area contributed by atoms with Crippen molar-refractivity contribution in [3.05, 3.63) is 93.2 Å². The van der Waals surface area contributed by atoms with Crippen LogP contribution in [0.5, 0.6) is 0 Å². The van der Waals surface area contributed by atoms with Crippen molar-refractivity contribution in [2.45, 2.75) is 25.8 Å². The van der Waals surface area contributed by atoms with Gasteiger partial charge in [0.1, 0.15) is 0 Å². The number of hydrogen-bond acceptors (Lipinski definition) is 3. The van der Waals surface area contributed by atoms with E-state index in [9.17, 15) is 9.59 Å². The molecule has 4 rings (SSSR count). The summed E-state index contributed by atoms with van der Waals surface area (Å²) in [7, 11) is 0. The minimum Gasteiger partial charge on any atom is -0.344 e. The number of aromatic nitrogens is 1. The quantitative estimate of drug-likeness (QED) is 0.569. The highest BCUT2D eigenvalue weighted by Crippen LogP contribution is 2.30. The summed E-state index contributed by atoms with van der Waals surface area (Å²) in [4.78, 5) is 31.8. The Labute approximate surface area is 191 Å². The second-order valence-electron chi connectivity index (χ2n) is 7.51. The Kier molecular flexibility index (Phi) is 6.25. The zero-order valence-corrected chi connectivity index (χ0v) is 18.5. The summed E-state index contributed by atoms with van der Waals surface area (Å²) in [5, 5.41) is 4.08. The third-order valence-electron chi connectivity index (χ3n) is 5.32. The van der Waals surface area contributed by atoms with Crippen LogP contribution >= 0.6 is 23.2 Å². The number of anilines is 1. The van der Waals surface area contributed by atoms with E-state index >= 15 is 0 Å². The van der Waals surface area contributed by atoms with E-state index in [0.717, 1.165) is 29.8 Å². The summed E-state index contributed by atoms with van der Waals surface area (Å²) in [6, 6.07) is 15.4. The fourth-order valence-corrected chi connectivity index (χ4v) is 4.00. The Morgan fingerprint density at radius 3 is 2.55 bits per heavy atom. The molecule has 5 nitrogen and oxygen atoms in total. The lowest BCUT2D eigenvalue weighted by molar-refractivity contribution is 0.0938. The first-order valence-corrected chi connectivity index (χ1v) is 10.8. The van der Waals surface area contributed by atoms with E-state index < -0.39 is 0 Å². The molecule has 1 atom stereocenters. The minimum atomic E-state index is -0.285. The molecular weight excluding hydrogens is 433 g/mol.